The highest BCUT2D eigenvalue weighted by Crippen LogP contribution is 2.39. The molecule has 149 valence electrons. The van der Waals surface area contributed by atoms with Crippen molar-refractivity contribution in [2.75, 3.05) is 10.6 Å². The van der Waals surface area contributed by atoms with Crippen LogP contribution in [0.15, 0.2) is 36.4 Å². The lowest BCUT2D eigenvalue weighted by Crippen LogP contribution is -2.34. The molecule has 0 aliphatic carbocycles. The first-order valence-electron chi connectivity index (χ1n) is 9.08. The van der Waals surface area contributed by atoms with E-state index in [4.69, 9.17) is 18.8 Å². The average molecular weight is 395 g/mol. The Balaban J connectivity index is 1.45. The summed E-state index contributed by atoms with van der Waals surface area (Å²) in [6.07, 6.45) is -0.969. The number of carbonyl (C=O) groups excluding carboxylic acids is 2. The highest BCUT2D eigenvalue weighted by Gasteiger charge is 2.34. The molecule has 2 aliphatic rings. The molecule has 0 atom stereocenters. The number of anilines is 2. The van der Waals surface area contributed by atoms with Gasteiger partial charge in [-0.25, -0.2) is 9.59 Å². The number of nitrogens with one attached hydrogen (secondary N) is 2. The van der Waals surface area contributed by atoms with Gasteiger partial charge in [0.15, 0.2) is 0 Å². The van der Waals surface area contributed by atoms with Crippen LogP contribution in [0.1, 0.15) is 38.8 Å². The lowest BCUT2D eigenvalue weighted by molar-refractivity contribution is 0.0411. The monoisotopic (exact) mass is 395 g/mol. The van der Waals surface area contributed by atoms with Crippen molar-refractivity contribution in [2.45, 2.75) is 38.9 Å². The fourth-order valence-electron chi connectivity index (χ4n) is 3.39. The highest BCUT2D eigenvalue weighted by atomic mass is 16.6. The van der Waals surface area contributed by atoms with E-state index >= 15 is 0 Å². The molecular formula is C20H20BN2O6. The smallest absolute Gasteiger partial charge is 0.526 e. The van der Waals surface area contributed by atoms with Crippen LogP contribution in [0.4, 0.5) is 21.0 Å². The Hall–Kier alpha value is -3.36. The summed E-state index contributed by atoms with van der Waals surface area (Å²) >= 11 is 0. The number of rotatable bonds is 4. The molecule has 4 rings (SSSR count). The highest BCUT2D eigenvalue weighted by molar-refractivity contribution is 6.20. The van der Waals surface area contributed by atoms with Gasteiger partial charge in [-0.2, -0.15) is 0 Å². The standard InChI is InChI=1S/C20H20BN2O6/c1-19(2)13-9-11(5-7-15(13)22-17(24)26-19)28-21-29-12-6-8-16-14(10-12)20(3,4)27-18(25)23-16/h5-10H,1-4H3,(H,22,24)(H,23,25). The summed E-state index contributed by atoms with van der Waals surface area (Å²) in [4.78, 5) is 23.2. The Labute approximate surface area is 168 Å². The van der Waals surface area contributed by atoms with Crippen molar-refractivity contribution in [3.05, 3.63) is 47.5 Å². The first-order chi connectivity index (χ1) is 13.6. The fourth-order valence-corrected chi connectivity index (χ4v) is 3.39. The van der Waals surface area contributed by atoms with Crippen molar-refractivity contribution >= 4 is 31.2 Å². The quantitative estimate of drug-likeness (QED) is 0.751. The summed E-state index contributed by atoms with van der Waals surface area (Å²) in [5.74, 6) is 1.07. The second kappa shape index (κ2) is 6.61. The molecule has 0 saturated heterocycles. The zero-order chi connectivity index (χ0) is 20.8. The van der Waals surface area contributed by atoms with Crippen LogP contribution < -0.4 is 19.9 Å². The third-order valence-electron chi connectivity index (χ3n) is 4.82. The molecule has 0 fully saturated rings. The van der Waals surface area contributed by atoms with Crippen LogP contribution in [-0.2, 0) is 20.7 Å². The minimum absolute atomic E-state index is 0.485. The second-order valence-electron chi connectivity index (χ2n) is 7.80. The molecule has 0 bridgehead atoms. The maximum atomic E-state index is 11.6. The van der Waals surface area contributed by atoms with E-state index in [1.54, 1.807) is 36.4 Å². The maximum Gasteiger partial charge on any atom is 0.658 e. The largest absolute Gasteiger partial charge is 0.658 e. The summed E-state index contributed by atoms with van der Waals surface area (Å²) < 4.78 is 21.8. The average Bonchev–Trinajstić information content (AvgIpc) is 2.61. The Bertz CT molecular complexity index is 925. The topological polar surface area (TPSA) is 95.1 Å². The lowest BCUT2D eigenvalue weighted by atomic mass is 9.94. The van der Waals surface area contributed by atoms with Crippen LogP contribution in [0.5, 0.6) is 11.5 Å². The SMILES string of the molecule is CC1(C)OC(=O)Nc2ccc(O[B]Oc3ccc4c(c3)C(C)(C)OC(=O)N4)cc21. The lowest BCUT2D eigenvalue weighted by Gasteiger charge is -2.32. The predicted molar refractivity (Wildman–Crippen MR) is 106 cm³/mol. The number of fused-ring (bicyclic) bond motifs is 2. The summed E-state index contributed by atoms with van der Waals surface area (Å²) in [5.41, 5.74) is 1.41. The van der Waals surface area contributed by atoms with Gasteiger partial charge in [-0.05, 0) is 64.1 Å². The second-order valence-corrected chi connectivity index (χ2v) is 7.80. The van der Waals surface area contributed by atoms with Gasteiger partial charge in [-0.1, -0.05) is 0 Å². The Morgan fingerprint density at radius 3 is 1.59 bits per heavy atom. The summed E-state index contributed by atoms with van der Waals surface area (Å²) in [7, 11) is 1.22. The Morgan fingerprint density at radius 1 is 0.759 bits per heavy atom. The van der Waals surface area contributed by atoms with E-state index in [1.165, 1.54) is 7.69 Å². The van der Waals surface area contributed by atoms with Gasteiger partial charge >= 0.3 is 19.9 Å². The minimum Gasteiger partial charge on any atom is -0.526 e. The van der Waals surface area contributed by atoms with Crippen LogP contribution in [0, 0.1) is 0 Å². The maximum absolute atomic E-state index is 11.6. The van der Waals surface area contributed by atoms with Gasteiger partial charge in [0.05, 0.1) is 11.4 Å². The van der Waals surface area contributed by atoms with Gasteiger partial charge in [0.2, 0.25) is 0 Å². The first kappa shape index (κ1) is 19.0. The van der Waals surface area contributed by atoms with Crippen molar-refractivity contribution in [1.82, 2.24) is 0 Å². The molecular weight excluding hydrogens is 375 g/mol. The van der Waals surface area contributed by atoms with Crippen LogP contribution in [-0.4, -0.2) is 19.9 Å². The molecule has 0 unspecified atom stereocenters. The van der Waals surface area contributed by atoms with Crippen LogP contribution in [0.2, 0.25) is 0 Å². The Kier molecular flexibility index (Phi) is 4.33. The Morgan fingerprint density at radius 2 is 1.17 bits per heavy atom. The number of hydrogen-bond donors (Lipinski definition) is 2. The molecule has 29 heavy (non-hydrogen) atoms. The van der Waals surface area contributed by atoms with E-state index in [2.05, 4.69) is 10.6 Å². The normalized spacial score (nSPS) is 18.1. The molecule has 2 aliphatic heterocycles. The zero-order valence-electron chi connectivity index (χ0n) is 16.5. The molecule has 1 radical (unpaired) electrons. The first-order valence-corrected chi connectivity index (χ1v) is 9.08. The van der Waals surface area contributed by atoms with E-state index in [0.717, 1.165) is 11.1 Å². The van der Waals surface area contributed by atoms with Crippen molar-refractivity contribution in [3.8, 4) is 11.5 Å². The van der Waals surface area contributed by atoms with Crippen molar-refractivity contribution < 1.29 is 28.4 Å². The zero-order valence-corrected chi connectivity index (χ0v) is 16.5. The van der Waals surface area contributed by atoms with Crippen molar-refractivity contribution in [3.63, 3.8) is 0 Å². The molecule has 8 nitrogen and oxygen atoms in total. The molecule has 0 saturated carbocycles. The summed E-state index contributed by atoms with van der Waals surface area (Å²) in [5, 5.41) is 5.33. The van der Waals surface area contributed by atoms with Gasteiger partial charge in [0.1, 0.15) is 22.7 Å². The summed E-state index contributed by atoms with van der Waals surface area (Å²) in [6.45, 7) is 7.24. The minimum atomic E-state index is -0.771. The van der Waals surface area contributed by atoms with Crippen molar-refractivity contribution in [1.29, 1.82) is 0 Å². The number of benzene rings is 2. The fraction of sp³-hybridized carbons (Fsp3) is 0.300. The predicted octanol–water partition coefficient (Wildman–Crippen LogP) is 4.27. The van der Waals surface area contributed by atoms with Gasteiger partial charge in [-0.15, -0.1) is 0 Å². The van der Waals surface area contributed by atoms with E-state index in [1.807, 2.05) is 27.7 Å². The van der Waals surface area contributed by atoms with Gasteiger partial charge in [0.25, 0.3) is 0 Å². The third-order valence-corrected chi connectivity index (χ3v) is 4.82. The molecule has 0 spiro atoms. The molecule has 9 heteroatoms. The van der Waals surface area contributed by atoms with Gasteiger partial charge in [0, 0.05) is 11.1 Å². The van der Waals surface area contributed by atoms with Gasteiger partial charge in [-0.3, -0.25) is 10.6 Å². The van der Waals surface area contributed by atoms with E-state index in [0.29, 0.717) is 22.9 Å². The van der Waals surface area contributed by atoms with Crippen LogP contribution in [0.3, 0.4) is 0 Å². The van der Waals surface area contributed by atoms with Crippen molar-refractivity contribution in [2.24, 2.45) is 0 Å². The number of cyclic esters (lactones) is 2. The number of carbonyl (C=O) groups is 2. The number of ether oxygens (including phenoxy) is 2. The number of amides is 2. The molecule has 2 heterocycles. The van der Waals surface area contributed by atoms with E-state index in [9.17, 15) is 9.59 Å². The van der Waals surface area contributed by atoms with Crippen LogP contribution >= 0.6 is 0 Å². The van der Waals surface area contributed by atoms with Gasteiger partial charge < -0.3 is 18.8 Å². The van der Waals surface area contributed by atoms with E-state index < -0.39 is 23.4 Å². The molecule has 2 aromatic carbocycles. The molecule has 2 aromatic rings. The third kappa shape index (κ3) is 3.67. The molecule has 2 N–H and O–H groups in total. The molecule has 2 amide bonds. The van der Waals surface area contributed by atoms with Crippen LogP contribution in [0.25, 0.3) is 0 Å². The van der Waals surface area contributed by atoms with E-state index in [-0.39, 0.29) is 0 Å². The molecule has 0 aromatic heterocycles. The summed E-state index contributed by atoms with van der Waals surface area (Å²) in [6, 6.07) is 10.5. The number of hydrogen-bond acceptors (Lipinski definition) is 6.